The highest BCUT2D eigenvalue weighted by molar-refractivity contribution is 5.81. The van der Waals surface area contributed by atoms with E-state index < -0.39 is 0 Å². The molecule has 1 rings (SSSR count). The average molecular weight is 324 g/mol. The number of carbonyl (C=O) groups excluding carboxylic acids is 2. The molecule has 0 aliphatic carbocycles. The summed E-state index contributed by atoms with van der Waals surface area (Å²) >= 11 is 0. The summed E-state index contributed by atoms with van der Waals surface area (Å²) in [6.07, 6.45) is 1.78. The number of rotatable bonds is 8. The van der Waals surface area contributed by atoms with Gasteiger partial charge in [0.2, 0.25) is 5.91 Å². The summed E-state index contributed by atoms with van der Waals surface area (Å²) < 4.78 is 10.6. The highest BCUT2D eigenvalue weighted by atomic mass is 16.5. The number of esters is 1. The summed E-state index contributed by atoms with van der Waals surface area (Å²) in [5.74, 6) is 1.14. The van der Waals surface area contributed by atoms with Crippen molar-refractivity contribution in [1.82, 2.24) is 10.3 Å². The Hall–Kier alpha value is -1.85. The van der Waals surface area contributed by atoms with Crippen molar-refractivity contribution in [2.45, 2.75) is 65.7 Å². The molecule has 23 heavy (non-hydrogen) atoms. The number of aromatic nitrogens is 1. The van der Waals surface area contributed by atoms with Gasteiger partial charge in [-0.25, -0.2) is 4.98 Å². The number of ether oxygens (including phenoxy) is 1. The van der Waals surface area contributed by atoms with Gasteiger partial charge in [0.15, 0.2) is 5.89 Å². The van der Waals surface area contributed by atoms with Gasteiger partial charge in [-0.15, -0.1) is 0 Å². The average Bonchev–Trinajstić information content (AvgIpc) is 2.83. The maximum Gasteiger partial charge on any atom is 0.306 e. The second-order valence-corrected chi connectivity index (χ2v) is 6.54. The van der Waals surface area contributed by atoms with Gasteiger partial charge in [0.25, 0.3) is 0 Å². The van der Waals surface area contributed by atoms with E-state index in [1.54, 1.807) is 6.92 Å². The van der Waals surface area contributed by atoms with E-state index in [9.17, 15) is 9.59 Å². The smallest absolute Gasteiger partial charge is 0.306 e. The summed E-state index contributed by atoms with van der Waals surface area (Å²) in [4.78, 5) is 27.2. The lowest BCUT2D eigenvalue weighted by Gasteiger charge is -2.12. The van der Waals surface area contributed by atoms with Gasteiger partial charge in [-0.3, -0.25) is 9.59 Å². The van der Waals surface area contributed by atoms with E-state index in [2.05, 4.69) is 31.1 Å². The summed E-state index contributed by atoms with van der Waals surface area (Å²) in [6.45, 7) is 10.8. The van der Waals surface area contributed by atoms with Crippen LogP contribution in [0.2, 0.25) is 0 Å². The Bertz CT molecular complexity index is 529. The largest absolute Gasteiger partial charge is 0.466 e. The fourth-order valence-electron chi connectivity index (χ4n) is 1.99. The van der Waals surface area contributed by atoms with Crippen LogP contribution in [0.25, 0.3) is 0 Å². The van der Waals surface area contributed by atoms with Gasteiger partial charge in [0, 0.05) is 24.8 Å². The van der Waals surface area contributed by atoms with Crippen LogP contribution in [0.5, 0.6) is 0 Å². The van der Waals surface area contributed by atoms with Crippen molar-refractivity contribution < 1.29 is 18.7 Å². The molecular weight excluding hydrogens is 296 g/mol. The number of nitrogens with one attached hydrogen (secondary N) is 1. The van der Waals surface area contributed by atoms with E-state index >= 15 is 0 Å². The Kier molecular flexibility index (Phi) is 7.26. The molecule has 1 N–H and O–H groups in total. The third-order valence-corrected chi connectivity index (χ3v) is 3.30. The molecule has 1 amide bonds. The second kappa shape index (κ2) is 8.70. The first-order chi connectivity index (χ1) is 10.7. The van der Waals surface area contributed by atoms with E-state index in [1.807, 2.05) is 6.92 Å². The molecule has 1 heterocycles. The lowest BCUT2D eigenvalue weighted by molar-refractivity contribution is -0.144. The standard InChI is InChI=1S/C17H28N2O4/c1-6-22-15(21)10-9-14(20)18-11-7-8-13-12(2)19-16(23-13)17(3,4)5/h6-11H2,1-5H3,(H,18,20). The third-order valence-electron chi connectivity index (χ3n) is 3.30. The lowest BCUT2D eigenvalue weighted by atomic mass is 9.97. The van der Waals surface area contributed by atoms with Gasteiger partial charge >= 0.3 is 5.97 Å². The molecule has 130 valence electrons. The van der Waals surface area contributed by atoms with E-state index in [0.29, 0.717) is 13.2 Å². The molecule has 0 saturated heterocycles. The Morgan fingerprint density at radius 3 is 2.52 bits per heavy atom. The Labute approximate surface area is 138 Å². The van der Waals surface area contributed by atoms with Gasteiger partial charge < -0.3 is 14.5 Å². The highest BCUT2D eigenvalue weighted by Gasteiger charge is 2.22. The minimum absolute atomic E-state index is 0.107. The van der Waals surface area contributed by atoms with Crippen LogP contribution in [-0.2, 0) is 26.2 Å². The van der Waals surface area contributed by atoms with Gasteiger partial charge in [-0.05, 0) is 20.3 Å². The molecule has 0 bridgehead atoms. The SMILES string of the molecule is CCOC(=O)CCC(=O)NCCCc1oc(C(C)(C)C)nc1C. The van der Waals surface area contributed by atoms with Crippen LogP contribution in [0.3, 0.4) is 0 Å². The highest BCUT2D eigenvalue weighted by Crippen LogP contribution is 2.24. The molecular formula is C17H28N2O4. The lowest BCUT2D eigenvalue weighted by Crippen LogP contribution is -2.25. The van der Waals surface area contributed by atoms with Crippen LogP contribution >= 0.6 is 0 Å². The van der Waals surface area contributed by atoms with E-state index in [0.717, 1.165) is 30.2 Å². The van der Waals surface area contributed by atoms with Crippen molar-refractivity contribution in [2.75, 3.05) is 13.2 Å². The fraction of sp³-hybridized carbons (Fsp3) is 0.706. The van der Waals surface area contributed by atoms with Crippen molar-refractivity contribution in [3.05, 3.63) is 17.3 Å². The van der Waals surface area contributed by atoms with Crippen molar-refractivity contribution in [3.8, 4) is 0 Å². The van der Waals surface area contributed by atoms with Crippen molar-refractivity contribution in [2.24, 2.45) is 0 Å². The summed E-state index contributed by atoms with van der Waals surface area (Å²) in [5, 5.41) is 2.80. The zero-order chi connectivity index (χ0) is 17.5. The predicted molar refractivity (Wildman–Crippen MR) is 87.1 cm³/mol. The molecule has 6 heteroatoms. The van der Waals surface area contributed by atoms with Gasteiger partial charge in [0.05, 0.1) is 18.7 Å². The zero-order valence-electron chi connectivity index (χ0n) is 14.8. The minimum atomic E-state index is -0.338. The molecule has 0 aliphatic rings. The summed E-state index contributed by atoms with van der Waals surface area (Å²) in [7, 11) is 0. The van der Waals surface area contributed by atoms with Gasteiger partial charge in [-0.2, -0.15) is 0 Å². The molecule has 0 atom stereocenters. The molecule has 1 aromatic heterocycles. The summed E-state index contributed by atoms with van der Waals surface area (Å²) in [5.41, 5.74) is 0.799. The summed E-state index contributed by atoms with van der Waals surface area (Å²) in [6, 6.07) is 0. The Morgan fingerprint density at radius 1 is 1.26 bits per heavy atom. The molecule has 6 nitrogen and oxygen atoms in total. The molecule has 0 fully saturated rings. The van der Waals surface area contributed by atoms with Crippen LogP contribution in [0.1, 0.15) is 64.3 Å². The van der Waals surface area contributed by atoms with E-state index in [4.69, 9.17) is 9.15 Å². The topological polar surface area (TPSA) is 81.4 Å². The molecule has 0 radical (unpaired) electrons. The first-order valence-electron chi connectivity index (χ1n) is 8.13. The van der Waals surface area contributed by atoms with Crippen molar-refractivity contribution in [1.29, 1.82) is 0 Å². The molecule has 0 spiro atoms. The maximum absolute atomic E-state index is 11.6. The number of carbonyl (C=O) groups is 2. The number of amides is 1. The number of hydrogen-bond acceptors (Lipinski definition) is 5. The normalized spacial score (nSPS) is 11.3. The first-order valence-corrected chi connectivity index (χ1v) is 8.13. The molecule has 0 saturated carbocycles. The van der Waals surface area contributed by atoms with Gasteiger partial charge in [-0.1, -0.05) is 20.8 Å². The number of aryl methyl sites for hydroxylation is 2. The molecule has 0 aromatic carbocycles. The fourth-order valence-corrected chi connectivity index (χ4v) is 1.99. The first kappa shape index (κ1) is 19.2. The third kappa shape index (κ3) is 6.84. The molecule has 1 aromatic rings. The van der Waals surface area contributed by atoms with Crippen LogP contribution in [0.15, 0.2) is 4.42 Å². The molecule has 0 aliphatic heterocycles. The van der Waals surface area contributed by atoms with Crippen molar-refractivity contribution >= 4 is 11.9 Å². The predicted octanol–water partition coefficient (Wildman–Crippen LogP) is 2.67. The number of hydrogen-bond donors (Lipinski definition) is 1. The van der Waals surface area contributed by atoms with E-state index in [-0.39, 0.29) is 30.1 Å². The van der Waals surface area contributed by atoms with Crippen LogP contribution in [0, 0.1) is 6.92 Å². The minimum Gasteiger partial charge on any atom is -0.466 e. The number of nitrogens with zero attached hydrogens (tertiary/aromatic N) is 1. The van der Waals surface area contributed by atoms with Crippen LogP contribution in [-0.4, -0.2) is 30.0 Å². The maximum atomic E-state index is 11.6. The second-order valence-electron chi connectivity index (χ2n) is 6.54. The number of oxazole rings is 1. The molecule has 0 unspecified atom stereocenters. The van der Waals surface area contributed by atoms with Crippen LogP contribution < -0.4 is 5.32 Å². The van der Waals surface area contributed by atoms with E-state index in [1.165, 1.54) is 0 Å². The quantitative estimate of drug-likeness (QED) is 0.587. The Balaban J connectivity index is 2.28. The Morgan fingerprint density at radius 2 is 1.96 bits per heavy atom. The monoisotopic (exact) mass is 324 g/mol. The van der Waals surface area contributed by atoms with Crippen LogP contribution in [0.4, 0.5) is 0 Å². The van der Waals surface area contributed by atoms with Gasteiger partial charge in [0.1, 0.15) is 5.76 Å². The zero-order valence-corrected chi connectivity index (χ0v) is 14.8. The van der Waals surface area contributed by atoms with Crippen molar-refractivity contribution in [3.63, 3.8) is 0 Å².